The highest BCUT2D eigenvalue weighted by Gasteiger charge is 2.02. The Morgan fingerprint density at radius 1 is 1.28 bits per heavy atom. The number of hydrogen-bond acceptors (Lipinski definition) is 3. The highest BCUT2D eigenvalue weighted by Crippen LogP contribution is 2.14. The van der Waals surface area contributed by atoms with E-state index in [0.29, 0.717) is 5.57 Å². The Morgan fingerprint density at radius 3 is 2.33 bits per heavy atom. The molecule has 0 saturated carbocycles. The molecule has 0 aliphatic heterocycles. The zero-order chi connectivity index (χ0) is 14.1. The van der Waals surface area contributed by atoms with E-state index in [2.05, 4.69) is 13.2 Å². The van der Waals surface area contributed by atoms with Crippen LogP contribution in [0.5, 0.6) is 0 Å². The minimum absolute atomic E-state index is 0.460. The van der Waals surface area contributed by atoms with Gasteiger partial charge in [0, 0.05) is 11.8 Å². The molecule has 0 radical (unpaired) electrons. The third kappa shape index (κ3) is 6.03. The lowest BCUT2D eigenvalue weighted by Gasteiger charge is -2.07. The monoisotopic (exact) mass is 246 g/mol. The second kappa shape index (κ2) is 8.28. The fraction of sp³-hybridized carbons (Fsp3) is 0.200. The first-order valence-electron chi connectivity index (χ1n) is 5.62. The summed E-state index contributed by atoms with van der Waals surface area (Å²) in [5, 5.41) is 9.26. The molecule has 1 unspecified atom stereocenters. The van der Waals surface area contributed by atoms with Gasteiger partial charge in [-0.25, -0.2) is 0 Å². The molecule has 0 aromatic carbocycles. The van der Waals surface area contributed by atoms with Gasteiger partial charge in [0.15, 0.2) is 0 Å². The second-order valence-electron chi connectivity index (χ2n) is 3.95. The van der Waals surface area contributed by atoms with Crippen molar-refractivity contribution in [1.29, 1.82) is 0 Å². The van der Waals surface area contributed by atoms with Crippen LogP contribution in [0.2, 0.25) is 0 Å². The van der Waals surface area contributed by atoms with Gasteiger partial charge in [0.25, 0.3) is 0 Å². The molecular weight excluding hydrogens is 224 g/mol. The van der Waals surface area contributed by atoms with Gasteiger partial charge in [-0.2, -0.15) is 0 Å². The lowest BCUT2D eigenvalue weighted by atomic mass is 10.0. The van der Waals surface area contributed by atoms with Gasteiger partial charge in [-0.3, -0.25) is 0 Å². The molecule has 0 fully saturated rings. The molecule has 98 valence electrons. The van der Waals surface area contributed by atoms with E-state index >= 15 is 0 Å². The predicted octanol–water partition coefficient (Wildman–Crippen LogP) is 2.30. The van der Waals surface area contributed by atoms with E-state index in [9.17, 15) is 5.11 Å². The number of hydrogen-bond donors (Lipinski definition) is 3. The Balaban J connectivity index is 4.95. The van der Waals surface area contributed by atoms with E-state index in [1.54, 1.807) is 12.2 Å². The normalized spacial score (nSPS) is 15.9. The Bertz CT molecular complexity index is 424. The van der Waals surface area contributed by atoms with Crippen molar-refractivity contribution in [1.82, 2.24) is 0 Å². The molecule has 0 amide bonds. The van der Waals surface area contributed by atoms with Crippen molar-refractivity contribution in [2.75, 3.05) is 0 Å². The Hall–Kier alpha value is -1.84. The number of aliphatic hydroxyl groups excluding tert-OH is 1. The Morgan fingerprint density at radius 2 is 1.89 bits per heavy atom. The van der Waals surface area contributed by atoms with Crippen molar-refractivity contribution in [2.45, 2.75) is 20.1 Å². The fourth-order valence-corrected chi connectivity index (χ4v) is 1.23. The van der Waals surface area contributed by atoms with E-state index < -0.39 is 6.23 Å². The van der Waals surface area contributed by atoms with Gasteiger partial charge in [0.1, 0.15) is 6.23 Å². The maximum Gasteiger partial charge on any atom is 0.130 e. The molecule has 0 aromatic heterocycles. The minimum Gasteiger partial charge on any atom is -0.404 e. The lowest BCUT2D eigenvalue weighted by molar-refractivity contribution is 0.222. The third-order valence-electron chi connectivity index (χ3n) is 2.32. The van der Waals surface area contributed by atoms with Gasteiger partial charge in [-0.15, -0.1) is 0 Å². The molecule has 0 heterocycles. The summed E-state index contributed by atoms with van der Waals surface area (Å²) in [6.07, 6.45) is 9.36. The van der Waals surface area contributed by atoms with Crippen molar-refractivity contribution >= 4 is 0 Å². The quantitative estimate of drug-likeness (QED) is 0.497. The Kier molecular flexibility index (Phi) is 7.43. The number of allylic oxidation sites excluding steroid dienone is 7. The average molecular weight is 246 g/mol. The topological polar surface area (TPSA) is 72.3 Å². The van der Waals surface area contributed by atoms with Gasteiger partial charge in [0.2, 0.25) is 0 Å². The zero-order valence-corrected chi connectivity index (χ0v) is 11.1. The van der Waals surface area contributed by atoms with Gasteiger partial charge >= 0.3 is 0 Å². The smallest absolute Gasteiger partial charge is 0.130 e. The van der Waals surface area contributed by atoms with Crippen LogP contribution in [0.15, 0.2) is 72.0 Å². The maximum absolute atomic E-state index is 9.26. The van der Waals surface area contributed by atoms with Crippen LogP contribution >= 0.6 is 0 Å². The molecule has 3 nitrogen and oxygen atoms in total. The minimum atomic E-state index is -1.08. The van der Waals surface area contributed by atoms with Gasteiger partial charge in [-0.05, 0) is 25.0 Å². The number of aliphatic hydroxyl groups is 1. The fourth-order valence-electron chi connectivity index (χ4n) is 1.23. The molecule has 0 spiro atoms. The molecule has 18 heavy (non-hydrogen) atoms. The number of nitrogens with two attached hydrogens (primary N) is 2. The van der Waals surface area contributed by atoms with Crippen molar-refractivity contribution < 1.29 is 5.11 Å². The van der Waals surface area contributed by atoms with Crippen LogP contribution in [0.4, 0.5) is 0 Å². The van der Waals surface area contributed by atoms with Crippen LogP contribution in [-0.2, 0) is 0 Å². The summed E-state index contributed by atoms with van der Waals surface area (Å²) in [5.74, 6) is 0. The van der Waals surface area contributed by atoms with Crippen LogP contribution in [-0.4, -0.2) is 11.3 Å². The molecule has 0 rings (SSSR count). The van der Waals surface area contributed by atoms with E-state index in [-0.39, 0.29) is 0 Å². The molecular formula is C15H22N2O. The van der Waals surface area contributed by atoms with E-state index in [1.807, 2.05) is 32.1 Å². The molecule has 1 atom stereocenters. The van der Waals surface area contributed by atoms with Crippen molar-refractivity contribution in [2.24, 2.45) is 11.5 Å². The highest BCUT2D eigenvalue weighted by molar-refractivity contribution is 5.43. The lowest BCUT2D eigenvalue weighted by Crippen LogP contribution is -2.21. The van der Waals surface area contributed by atoms with Gasteiger partial charge in [0.05, 0.1) is 0 Å². The summed E-state index contributed by atoms with van der Waals surface area (Å²) in [5.41, 5.74) is 14.0. The summed E-state index contributed by atoms with van der Waals surface area (Å²) in [6, 6.07) is 0. The molecule has 5 N–H and O–H groups in total. The molecule has 0 bridgehead atoms. The van der Waals surface area contributed by atoms with Crippen molar-refractivity contribution in [3.8, 4) is 0 Å². The SMILES string of the molecule is C=C/C=C\C(C)=C/C(=C)/C(C)=C/C(=C\N)C(N)O. The largest absolute Gasteiger partial charge is 0.404 e. The van der Waals surface area contributed by atoms with Crippen LogP contribution in [0.3, 0.4) is 0 Å². The molecule has 0 aliphatic carbocycles. The summed E-state index contributed by atoms with van der Waals surface area (Å²) >= 11 is 0. The van der Waals surface area contributed by atoms with Gasteiger partial charge < -0.3 is 16.6 Å². The van der Waals surface area contributed by atoms with E-state index in [1.165, 1.54) is 6.20 Å². The molecule has 0 aromatic rings. The zero-order valence-electron chi connectivity index (χ0n) is 11.1. The molecule has 3 heteroatoms. The summed E-state index contributed by atoms with van der Waals surface area (Å²) in [4.78, 5) is 0. The average Bonchev–Trinajstić information content (AvgIpc) is 2.32. The first-order chi connectivity index (χ1) is 8.42. The van der Waals surface area contributed by atoms with Gasteiger partial charge in [-0.1, -0.05) is 49.1 Å². The van der Waals surface area contributed by atoms with Crippen molar-refractivity contribution in [3.05, 3.63) is 72.0 Å². The molecule has 0 aliphatic rings. The van der Waals surface area contributed by atoms with E-state index in [4.69, 9.17) is 11.5 Å². The predicted molar refractivity (Wildman–Crippen MR) is 78.5 cm³/mol. The van der Waals surface area contributed by atoms with Crippen LogP contribution < -0.4 is 11.5 Å². The van der Waals surface area contributed by atoms with Crippen molar-refractivity contribution in [3.63, 3.8) is 0 Å². The summed E-state index contributed by atoms with van der Waals surface area (Å²) in [7, 11) is 0. The van der Waals surface area contributed by atoms with E-state index in [0.717, 1.165) is 16.7 Å². The maximum atomic E-state index is 9.26. The molecule has 0 saturated heterocycles. The first-order valence-corrected chi connectivity index (χ1v) is 5.62. The highest BCUT2D eigenvalue weighted by atomic mass is 16.3. The summed E-state index contributed by atoms with van der Waals surface area (Å²) < 4.78 is 0. The van der Waals surface area contributed by atoms with Crippen LogP contribution in [0, 0.1) is 0 Å². The Labute approximate surface area is 109 Å². The number of rotatable bonds is 6. The third-order valence-corrected chi connectivity index (χ3v) is 2.32. The summed E-state index contributed by atoms with van der Waals surface area (Å²) in [6.45, 7) is 11.4. The van der Waals surface area contributed by atoms with Crippen LogP contribution in [0.25, 0.3) is 0 Å². The van der Waals surface area contributed by atoms with Crippen LogP contribution in [0.1, 0.15) is 13.8 Å². The first kappa shape index (κ1) is 16.2. The standard InChI is InChI=1S/C15H22N2O/c1-5-6-7-11(2)8-12(3)13(4)9-14(10-16)15(17)18/h5-10,15,18H,1,3,16-17H2,2,4H3/b7-6-,11-8-,13-9+,14-10+. The second-order valence-corrected chi connectivity index (χ2v) is 3.95.